The van der Waals surface area contributed by atoms with Crippen molar-refractivity contribution in [3.63, 3.8) is 0 Å². The first-order valence-electron chi connectivity index (χ1n) is 8.72. The second-order valence-electron chi connectivity index (χ2n) is 6.68. The Labute approximate surface area is 152 Å². The quantitative estimate of drug-likeness (QED) is 0.478. The molecule has 0 saturated heterocycles. The molecule has 3 nitrogen and oxygen atoms in total. The first-order chi connectivity index (χ1) is 12.6. The normalized spacial score (nSPS) is 15.6. The lowest BCUT2D eigenvalue weighted by atomic mass is 10.0. The highest BCUT2D eigenvalue weighted by atomic mass is 16.6. The predicted octanol–water partition coefficient (Wildman–Crippen LogP) is 5.31. The lowest BCUT2D eigenvalue weighted by Gasteiger charge is -2.04. The second-order valence-corrected chi connectivity index (χ2v) is 6.68. The summed E-state index contributed by atoms with van der Waals surface area (Å²) in [4.78, 5) is 16.7. The van der Waals surface area contributed by atoms with E-state index in [0.717, 1.165) is 21.9 Å². The molecule has 0 aliphatic carbocycles. The van der Waals surface area contributed by atoms with Crippen LogP contribution in [-0.2, 0) is 9.53 Å². The molecule has 0 radical (unpaired) electrons. The van der Waals surface area contributed by atoms with Gasteiger partial charge in [0.2, 0.25) is 5.90 Å². The summed E-state index contributed by atoms with van der Waals surface area (Å²) in [7, 11) is 0. The number of benzene rings is 3. The zero-order valence-electron chi connectivity index (χ0n) is 14.8. The van der Waals surface area contributed by atoms with E-state index in [-0.39, 0.29) is 0 Å². The van der Waals surface area contributed by atoms with Gasteiger partial charge in [-0.05, 0) is 40.0 Å². The molecule has 0 amide bonds. The minimum absolute atomic E-state index is 0.324. The fraction of sp³-hybridized carbons (Fsp3) is 0.130. The molecule has 3 aromatic carbocycles. The van der Waals surface area contributed by atoms with Gasteiger partial charge < -0.3 is 4.74 Å². The van der Waals surface area contributed by atoms with Crippen LogP contribution < -0.4 is 0 Å². The highest BCUT2D eigenvalue weighted by Crippen LogP contribution is 2.25. The minimum Gasteiger partial charge on any atom is -0.402 e. The van der Waals surface area contributed by atoms with Gasteiger partial charge in [-0.1, -0.05) is 74.5 Å². The third-order valence-corrected chi connectivity index (χ3v) is 4.55. The summed E-state index contributed by atoms with van der Waals surface area (Å²) in [6.07, 6.45) is 1.77. The smallest absolute Gasteiger partial charge is 0.363 e. The number of fused-ring (bicyclic) bond motifs is 1. The molecular formula is C23H19NO2. The van der Waals surface area contributed by atoms with Gasteiger partial charge in [0.15, 0.2) is 5.70 Å². The maximum absolute atomic E-state index is 12.3. The van der Waals surface area contributed by atoms with Crippen molar-refractivity contribution < 1.29 is 9.53 Å². The Morgan fingerprint density at radius 1 is 0.923 bits per heavy atom. The van der Waals surface area contributed by atoms with E-state index in [2.05, 4.69) is 31.0 Å². The van der Waals surface area contributed by atoms with Crippen molar-refractivity contribution in [2.24, 2.45) is 4.99 Å². The number of aliphatic imine (C=N–C) groups is 1. The topological polar surface area (TPSA) is 38.7 Å². The highest BCUT2D eigenvalue weighted by molar-refractivity contribution is 6.17. The SMILES string of the molecule is CC(C)c1ccc(C=C2N=C(c3cccc4ccccc34)OC2=O)cc1. The number of nitrogens with zero attached hydrogens (tertiary/aromatic N) is 1. The predicted molar refractivity (Wildman–Crippen MR) is 105 cm³/mol. The zero-order valence-corrected chi connectivity index (χ0v) is 14.8. The summed E-state index contributed by atoms with van der Waals surface area (Å²) < 4.78 is 5.45. The first-order valence-corrected chi connectivity index (χ1v) is 8.72. The largest absolute Gasteiger partial charge is 0.402 e. The van der Waals surface area contributed by atoms with Gasteiger partial charge in [-0.2, -0.15) is 0 Å². The molecule has 1 aliphatic rings. The Morgan fingerprint density at radius 3 is 2.42 bits per heavy atom. The molecule has 3 heteroatoms. The fourth-order valence-electron chi connectivity index (χ4n) is 3.07. The van der Waals surface area contributed by atoms with E-state index in [4.69, 9.17) is 4.74 Å². The van der Waals surface area contributed by atoms with Crippen molar-refractivity contribution in [2.75, 3.05) is 0 Å². The molecule has 0 N–H and O–H groups in total. The number of rotatable bonds is 3. The highest BCUT2D eigenvalue weighted by Gasteiger charge is 2.25. The monoisotopic (exact) mass is 341 g/mol. The Kier molecular flexibility index (Phi) is 4.13. The molecule has 0 spiro atoms. The summed E-state index contributed by atoms with van der Waals surface area (Å²) in [6.45, 7) is 4.31. The minimum atomic E-state index is -0.416. The number of carbonyl (C=O) groups excluding carboxylic acids is 1. The third kappa shape index (κ3) is 3.04. The number of cyclic esters (lactones) is 1. The molecule has 1 aliphatic heterocycles. The van der Waals surface area contributed by atoms with Crippen molar-refractivity contribution in [1.29, 1.82) is 0 Å². The molecule has 0 fully saturated rings. The van der Waals surface area contributed by atoms with Gasteiger partial charge in [-0.15, -0.1) is 0 Å². The molecule has 3 aromatic rings. The molecule has 128 valence electrons. The van der Waals surface area contributed by atoms with E-state index in [1.165, 1.54) is 5.56 Å². The number of hydrogen-bond acceptors (Lipinski definition) is 3. The van der Waals surface area contributed by atoms with E-state index in [1.54, 1.807) is 6.08 Å². The van der Waals surface area contributed by atoms with Gasteiger partial charge in [-0.3, -0.25) is 0 Å². The van der Waals surface area contributed by atoms with Crippen LogP contribution >= 0.6 is 0 Å². The van der Waals surface area contributed by atoms with Crippen LogP contribution in [0.15, 0.2) is 77.4 Å². The Hall–Kier alpha value is -3.20. The standard InChI is InChI=1S/C23H19NO2/c1-15(2)17-12-10-16(11-13-17)14-21-23(25)26-22(24-21)20-9-5-7-18-6-3-4-8-19(18)20/h3-15H,1-2H3. The molecular weight excluding hydrogens is 322 g/mol. The number of hydrogen-bond donors (Lipinski definition) is 0. The van der Waals surface area contributed by atoms with E-state index in [0.29, 0.717) is 17.5 Å². The maximum Gasteiger partial charge on any atom is 0.363 e. The van der Waals surface area contributed by atoms with E-state index in [9.17, 15) is 4.79 Å². The fourth-order valence-corrected chi connectivity index (χ4v) is 3.07. The zero-order chi connectivity index (χ0) is 18.1. The van der Waals surface area contributed by atoms with Crippen molar-refractivity contribution >= 4 is 28.7 Å². The van der Waals surface area contributed by atoms with Crippen LogP contribution in [0.3, 0.4) is 0 Å². The van der Waals surface area contributed by atoms with Gasteiger partial charge in [0, 0.05) is 5.56 Å². The van der Waals surface area contributed by atoms with Gasteiger partial charge in [0.05, 0.1) is 0 Å². The third-order valence-electron chi connectivity index (χ3n) is 4.55. The lowest BCUT2D eigenvalue weighted by Crippen LogP contribution is -2.05. The summed E-state index contributed by atoms with van der Waals surface area (Å²) in [6, 6.07) is 22.0. The summed E-state index contributed by atoms with van der Waals surface area (Å²) in [5, 5.41) is 2.11. The molecule has 0 bridgehead atoms. The average molecular weight is 341 g/mol. The van der Waals surface area contributed by atoms with Crippen molar-refractivity contribution in [3.05, 3.63) is 89.1 Å². The molecule has 1 heterocycles. The van der Waals surface area contributed by atoms with Gasteiger partial charge in [0.25, 0.3) is 0 Å². The summed E-state index contributed by atoms with van der Waals surface area (Å²) in [5.74, 6) is 0.418. The van der Waals surface area contributed by atoms with Gasteiger partial charge >= 0.3 is 5.97 Å². The molecule has 0 atom stereocenters. The van der Waals surface area contributed by atoms with E-state index in [1.807, 2.05) is 54.6 Å². The molecule has 0 unspecified atom stereocenters. The Bertz CT molecular complexity index is 1040. The molecule has 0 saturated carbocycles. The van der Waals surface area contributed by atoms with Crippen LogP contribution in [0.25, 0.3) is 16.8 Å². The van der Waals surface area contributed by atoms with Gasteiger partial charge in [-0.25, -0.2) is 9.79 Å². The van der Waals surface area contributed by atoms with Crippen LogP contribution in [0.4, 0.5) is 0 Å². The number of esters is 1. The lowest BCUT2D eigenvalue weighted by molar-refractivity contribution is -0.129. The van der Waals surface area contributed by atoms with Crippen LogP contribution in [0.1, 0.15) is 36.5 Å². The first kappa shape index (κ1) is 16.3. The van der Waals surface area contributed by atoms with Crippen LogP contribution in [0.5, 0.6) is 0 Å². The van der Waals surface area contributed by atoms with Crippen LogP contribution in [0, 0.1) is 0 Å². The Balaban J connectivity index is 1.71. The van der Waals surface area contributed by atoms with Crippen LogP contribution in [-0.4, -0.2) is 11.9 Å². The van der Waals surface area contributed by atoms with Crippen molar-refractivity contribution in [1.82, 2.24) is 0 Å². The molecule has 0 aromatic heterocycles. The molecule has 26 heavy (non-hydrogen) atoms. The van der Waals surface area contributed by atoms with Crippen molar-refractivity contribution in [3.8, 4) is 0 Å². The Morgan fingerprint density at radius 2 is 1.65 bits per heavy atom. The van der Waals surface area contributed by atoms with E-state index >= 15 is 0 Å². The summed E-state index contributed by atoms with van der Waals surface area (Å²) >= 11 is 0. The number of carbonyl (C=O) groups is 1. The summed E-state index contributed by atoms with van der Waals surface area (Å²) in [5.41, 5.74) is 3.35. The second kappa shape index (κ2) is 6.60. The van der Waals surface area contributed by atoms with Crippen molar-refractivity contribution in [2.45, 2.75) is 19.8 Å². The van der Waals surface area contributed by atoms with Crippen LogP contribution in [0.2, 0.25) is 0 Å². The number of ether oxygens (including phenoxy) is 1. The van der Waals surface area contributed by atoms with E-state index < -0.39 is 5.97 Å². The van der Waals surface area contributed by atoms with Gasteiger partial charge in [0.1, 0.15) is 0 Å². The molecule has 4 rings (SSSR count). The average Bonchev–Trinajstić information content (AvgIpc) is 3.02. The maximum atomic E-state index is 12.3.